The van der Waals surface area contributed by atoms with Crippen molar-refractivity contribution in [3.05, 3.63) is 95.6 Å². The average Bonchev–Trinajstić information content (AvgIpc) is 3.26. The molecule has 7 heteroatoms. The number of nitrogens with zero attached hydrogens (tertiary/aromatic N) is 1. The van der Waals surface area contributed by atoms with Crippen LogP contribution in [0.4, 0.5) is 0 Å². The quantitative estimate of drug-likeness (QED) is 0.624. The smallest absolute Gasteiger partial charge is 0.260 e. The maximum atomic E-state index is 13.5. The minimum absolute atomic E-state index is 0.224. The highest BCUT2D eigenvalue weighted by atomic mass is 32.2. The second-order valence-corrected chi connectivity index (χ2v) is 9.05. The van der Waals surface area contributed by atoms with Crippen LogP contribution in [-0.2, 0) is 10.0 Å². The molecule has 0 saturated heterocycles. The molecule has 0 aliphatic carbocycles. The molecular formula is C24H24N2O4S. The van der Waals surface area contributed by atoms with Gasteiger partial charge < -0.3 is 14.9 Å². The second kappa shape index (κ2) is 8.45. The summed E-state index contributed by atoms with van der Waals surface area (Å²) in [4.78, 5) is 0.224. The minimum atomic E-state index is -3.80. The van der Waals surface area contributed by atoms with Gasteiger partial charge in [-0.1, -0.05) is 48.0 Å². The van der Waals surface area contributed by atoms with Gasteiger partial charge in [0.25, 0.3) is 10.0 Å². The number of hydrogen-bond acceptors (Lipinski definition) is 5. The normalized spacial score (nSPS) is 16.5. The zero-order valence-corrected chi connectivity index (χ0v) is 18.4. The van der Waals surface area contributed by atoms with Crippen molar-refractivity contribution in [2.75, 3.05) is 14.2 Å². The number of methoxy groups -OCH3 is 2. The van der Waals surface area contributed by atoms with Crippen LogP contribution in [0.1, 0.15) is 22.7 Å². The zero-order valence-electron chi connectivity index (χ0n) is 17.6. The first-order valence-electron chi connectivity index (χ1n) is 9.81. The zero-order chi connectivity index (χ0) is 22.0. The SMILES string of the molecule is COc1ccc(C2=CC(c3ccc(C)cc3)N(S(=O)(=O)c3ccccc3)N2)cc1OC. The molecule has 0 fully saturated rings. The van der Waals surface area contributed by atoms with Crippen LogP contribution in [0, 0.1) is 6.92 Å². The summed E-state index contributed by atoms with van der Waals surface area (Å²) in [5.74, 6) is 1.17. The van der Waals surface area contributed by atoms with Gasteiger partial charge in [-0.05, 0) is 48.9 Å². The van der Waals surface area contributed by atoms with E-state index in [4.69, 9.17) is 9.47 Å². The first-order valence-corrected chi connectivity index (χ1v) is 11.2. The third-order valence-corrected chi connectivity index (χ3v) is 6.93. The van der Waals surface area contributed by atoms with E-state index < -0.39 is 16.1 Å². The van der Waals surface area contributed by atoms with Crippen molar-refractivity contribution in [2.24, 2.45) is 0 Å². The lowest BCUT2D eigenvalue weighted by Crippen LogP contribution is -2.39. The Morgan fingerprint density at radius 1 is 0.871 bits per heavy atom. The molecule has 160 valence electrons. The van der Waals surface area contributed by atoms with Gasteiger partial charge in [0.1, 0.15) is 0 Å². The molecule has 0 radical (unpaired) electrons. The van der Waals surface area contributed by atoms with Crippen LogP contribution >= 0.6 is 0 Å². The molecule has 0 amide bonds. The fourth-order valence-corrected chi connectivity index (χ4v) is 4.95. The van der Waals surface area contributed by atoms with Crippen molar-refractivity contribution in [2.45, 2.75) is 17.9 Å². The molecule has 4 rings (SSSR count). The van der Waals surface area contributed by atoms with Gasteiger partial charge in [-0.3, -0.25) is 0 Å². The number of nitrogens with one attached hydrogen (secondary N) is 1. The summed E-state index contributed by atoms with van der Waals surface area (Å²) in [5.41, 5.74) is 6.55. The Bertz CT molecular complexity index is 1210. The van der Waals surface area contributed by atoms with E-state index in [1.807, 2.05) is 49.4 Å². The fraction of sp³-hybridized carbons (Fsp3) is 0.167. The summed E-state index contributed by atoms with van der Waals surface area (Å²) in [6, 6.07) is 21.2. The van der Waals surface area contributed by atoms with Crippen molar-refractivity contribution < 1.29 is 17.9 Å². The Kier molecular flexibility index (Phi) is 5.71. The Morgan fingerprint density at radius 2 is 1.55 bits per heavy atom. The van der Waals surface area contributed by atoms with E-state index in [1.165, 1.54) is 4.41 Å². The standard InChI is InChI=1S/C24H24N2O4S/c1-17-9-11-18(12-10-17)22-16-21(19-13-14-23(29-2)24(15-19)30-3)25-26(22)31(27,28)20-7-5-4-6-8-20/h4-16,22,25H,1-3H3. The van der Waals surface area contributed by atoms with Crippen molar-refractivity contribution in [1.29, 1.82) is 0 Å². The van der Waals surface area contributed by atoms with Crippen LogP contribution < -0.4 is 14.9 Å². The first kappa shape index (κ1) is 21.0. The largest absolute Gasteiger partial charge is 0.493 e. The van der Waals surface area contributed by atoms with E-state index in [9.17, 15) is 8.42 Å². The van der Waals surface area contributed by atoms with Gasteiger partial charge in [-0.2, -0.15) is 0 Å². The number of sulfonamides is 1. The number of hydrogen-bond donors (Lipinski definition) is 1. The lowest BCUT2D eigenvalue weighted by atomic mass is 10.0. The van der Waals surface area contributed by atoms with Gasteiger partial charge >= 0.3 is 0 Å². The summed E-state index contributed by atoms with van der Waals surface area (Å²) >= 11 is 0. The summed E-state index contributed by atoms with van der Waals surface area (Å²) in [7, 11) is -0.657. The van der Waals surface area contributed by atoms with Gasteiger partial charge in [-0.25, -0.2) is 8.42 Å². The first-order chi connectivity index (χ1) is 14.9. The van der Waals surface area contributed by atoms with Gasteiger partial charge in [0.15, 0.2) is 11.5 Å². The highest BCUT2D eigenvalue weighted by Gasteiger charge is 2.37. The van der Waals surface area contributed by atoms with Gasteiger partial charge in [-0.15, -0.1) is 4.41 Å². The molecule has 3 aromatic rings. The number of rotatable bonds is 6. The van der Waals surface area contributed by atoms with Crippen LogP contribution in [0.15, 0.2) is 83.8 Å². The molecule has 1 unspecified atom stereocenters. The molecule has 6 nitrogen and oxygen atoms in total. The molecule has 1 heterocycles. The predicted molar refractivity (Wildman–Crippen MR) is 120 cm³/mol. The summed E-state index contributed by atoms with van der Waals surface area (Å²) in [5, 5.41) is 0. The topological polar surface area (TPSA) is 67.9 Å². The maximum Gasteiger partial charge on any atom is 0.260 e. The molecule has 1 aliphatic rings. The Morgan fingerprint density at radius 3 is 2.19 bits per heavy atom. The number of aryl methyl sites for hydroxylation is 1. The van der Waals surface area contributed by atoms with E-state index in [0.29, 0.717) is 17.2 Å². The molecule has 1 aliphatic heterocycles. The van der Waals surface area contributed by atoms with E-state index in [2.05, 4.69) is 5.43 Å². The molecule has 0 bridgehead atoms. The summed E-state index contributed by atoms with van der Waals surface area (Å²) in [6.07, 6.45) is 1.91. The van der Waals surface area contributed by atoms with Crippen LogP contribution in [0.2, 0.25) is 0 Å². The van der Waals surface area contributed by atoms with Crippen LogP contribution in [0.3, 0.4) is 0 Å². The molecular weight excluding hydrogens is 412 g/mol. The summed E-state index contributed by atoms with van der Waals surface area (Å²) < 4.78 is 39.0. The van der Waals surface area contributed by atoms with Crippen molar-refractivity contribution in [1.82, 2.24) is 9.84 Å². The minimum Gasteiger partial charge on any atom is -0.493 e. The third-order valence-electron chi connectivity index (χ3n) is 5.22. The van der Waals surface area contributed by atoms with E-state index in [1.54, 1.807) is 50.6 Å². The second-order valence-electron chi connectivity index (χ2n) is 7.23. The lowest BCUT2D eigenvalue weighted by Gasteiger charge is -2.25. The van der Waals surface area contributed by atoms with E-state index in [0.717, 1.165) is 16.7 Å². The van der Waals surface area contributed by atoms with Gasteiger partial charge in [0.05, 0.1) is 30.9 Å². The van der Waals surface area contributed by atoms with Gasteiger partial charge in [0.2, 0.25) is 0 Å². The molecule has 0 aromatic heterocycles. The third kappa shape index (κ3) is 4.02. The van der Waals surface area contributed by atoms with Crippen molar-refractivity contribution in [3.8, 4) is 11.5 Å². The molecule has 0 spiro atoms. The predicted octanol–water partition coefficient (Wildman–Crippen LogP) is 4.30. The van der Waals surface area contributed by atoms with Crippen LogP contribution in [0.5, 0.6) is 11.5 Å². The number of benzene rings is 3. The van der Waals surface area contributed by atoms with Crippen molar-refractivity contribution in [3.63, 3.8) is 0 Å². The highest BCUT2D eigenvalue weighted by molar-refractivity contribution is 7.89. The lowest BCUT2D eigenvalue weighted by molar-refractivity contribution is 0.347. The number of ether oxygens (including phenoxy) is 2. The average molecular weight is 437 g/mol. The molecule has 0 saturated carbocycles. The Balaban J connectivity index is 1.79. The fourth-order valence-electron chi connectivity index (χ4n) is 3.53. The van der Waals surface area contributed by atoms with Crippen LogP contribution in [-0.4, -0.2) is 27.1 Å². The molecule has 1 N–H and O–H groups in total. The van der Waals surface area contributed by atoms with E-state index in [-0.39, 0.29) is 4.90 Å². The molecule has 1 atom stereocenters. The van der Waals surface area contributed by atoms with Crippen LogP contribution in [0.25, 0.3) is 5.70 Å². The maximum absolute atomic E-state index is 13.5. The number of hydrazine groups is 1. The molecule has 3 aromatic carbocycles. The summed E-state index contributed by atoms with van der Waals surface area (Å²) in [6.45, 7) is 2.00. The monoisotopic (exact) mass is 436 g/mol. The van der Waals surface area contributed by atoms with E-state index >= 15 is 0 Å². The van der Waals surface area contributed by atoms with Crippen molar-refractivity contribution >= 4 is 15.7 Å². The Labute approximate surface area is 182 Å². The molecule has 31 heavy (non-hydrogen) atoms. The van der Waals surface area contributed by atoms with Gasteiger partial charge in [0, 0.05) is 5.56 Å². The Hall–Kier alpha value is -3.29. The highest BCUT2D eigenvalue weighted by Crippen LogP contribution is 2.37.